The molecule has 1 aromatic rings. The third kappa shape index (κ3) is 1.77. The van der Waals surface area contributed by atoms with Crippen LogP contribution in [0.3, 0.4) is 0 Å². The van der Waals surface area contributed by atoms with Crippen molar-refractivity contribution in [1.82, 2.24) is 0 Å². The third-order valence-corrected chi connectivity index (χ3v) is 1.98. The van der Waals surface area contributed by atoms with Crippen molar-refractivity contribution >= 4 is 11.3 Å². The Hall–Kier alpha value is -0.410. The quantitative estimate of drug-likeness (QED) is 0.668. The zero-order valence-corrected chi connectivity index (χ0v) is 5.75. The molecule has 0 atom stereocenters. The molecule has 1 rings (SSSR count). The van der Waals surface area contributed by atoms with Gasteiger partial charge in [-0.25, -0.2) is 4.39 Å². The molecule has 3 heteroatoms. The number of rotatable bonds is 2. The summed E-state index contributed by atoms with van der Waals surface area (Å²) in [6, 6.07) is 1.53. The summed E-state index contributed by atoms with van der Waals surface area (Å²) in [4.78, 5) is 1.02. The van der Waals surface area contributed by atoms with E-state index in [0.717, 1.165) is 11.3 Å². The fourth-order valence-corrected chi connectivity index (χ4v) is 1.38. The van der Waals surface area contributed by atoms with Crippen LogP contribution in [0.4, 0.5) is 4.39 Å². The fourth-order valence-electron chi connectivity index (χ4n) is 0.627. The van der Waals surface area contributed by atoms with Crippen molar-refractivity contribution in [3.63, 3.8) is 0 Å². The third-order valence-electron chi connectivity index (χ3n) is 1.01. The number of nitrogens with two attached hydrogens (primary N) is 1. The first-order chi connectivity index (χ1) is 4.33. The van der Waals surface area contributed by atoms with E-state index in [4.69, 9.17) is 5.73 Å². The van der Waals surface area contributed by atoms with Crippen LogP contribution in [0, 0.1) is 5.82 Å². The van der Waals surface area contributed by atoms with Gasteiger partial charge in [-0.2, -0.15) is 0 Å². The Morgan fingerprint density at radius 3 is 2.89 bits per heavy atom. The zero-order valence-electron chi connectivity index (χ0n) is 4.93. The van der Waals surface area contributed by atoms with Crippen LogP contribution >= 0.6 is 11.3 Å². The van der Waals surface area contributed by atoms with Gasteiger partial charge in [-0.1, -0.05) is 0 Å². The molecule has 0 bridgehead atoms. The van der Waals surface area contributed by atoms with Crippen LogP contribution < -0.4 is 5.73 Å². The van der Waals surface area contributed by atoms with Crippen LogP contribution in [0.25, 0.3) is 0 Å². The maximum absolute atomic E-state index is 12.2. The Bertz CT molecular complexity index is 185. The van der Waals surface area contributed by atoms with E-state index >= 15 is 0 Å². The van der Waals surface area contributed by atoms with Gasteiger partial charge >= 0.3 is 0 Å². The van der Waals surface area contributed by atoms with Crippen molar-refractivity contribution in [2.75, 3.05) is 6.54 Å². The van der Waals surface area contributed by atoms with Gasteiger partial charge in [-0.05, 0) is 19.0 Å². The minimum Gasteiger partial charge on any atom is -0.330 e. The second kappa shape index (κ2) is 2.94. The molecule has 9 heavy (non-hydrogen) atoms. The highest BCUT2D eigenvalue weighted by Crippen LogP contribution is 2.12. The van der Waals surface area contributed by atoms with E-state index in [2.05, 4.69) is 0 Å². The van der Waals surface area contributed by atoms with E-state index in [-0.39, 0.29) is 5.82 Å². The Kier molecular flexibility index (Phi) is 2.19. The minimum absolute atomic E-state index is 0.150. The Morgan fingerprint density at radius 2 is 2.44 bits per heavy atom. The average Bonchev–Trinajstić information content (AvgIpc) is 2.17. The zero-order chi connectivity index (χ0) is 6.69. The van der Waals surface area contributed by atoms with Gasteiger partial charge in [0.25, 0.3) is 0 Å². The van der Waals surface area contributed by atoms with Crippen molar-refractivity contribution in [2.45, 2.75) is 6.42 Å². The molecule has 50 valence electrons. The molecule has 0 saturated carbocycles. The first-order valence-corrected chi connectivity index (χ1v) is 3.64. The van der Waals surface area contributed by atoms with Crippen molar-refractivity contribution in [3.05, 3.63) is 22.1 Å². The molecule has 0 aromatic carbocycles. The second-order valence-corrected chi connectivity index (χ2v) is 2.77. The molecular weight excluding hydrogens is 137 g/mol. The molecule has 1 aromatic heterocycles. The summed E-state index contributed by atoms with van der Waals surface area (Å²) in [5, 5.41) is 1.49. The van der Waals surface area contributed by atoms with Crippen molar-refractivity contribution in [1.29, 1.82) is 0 Å². The topological polar surface area (TPSA) is 26.0 Å². The molecule has 0 radical (unpaired) electrons. The smallest absolute Gasteiger partial charge is 0.134 e. The standard InChI is InChI=1S/C6H8FNS/c7-5-3-6(1-2-8)9-4-5/h3-4H,1-2,8H2. The average molecular weight is 145 g/mol. The molecule has 2 N–H and O–H groups in total. The Labute approximate surface area is 57.3 Å². The van der Waals surface area contributed by atoms with Crippen LogP contribution in [0.2, 0.25) is 0 Å². The first kappa shape index (κ1) is 6.71. The van der Waals surface area contributed by atoms with Crippen LogP contribution in [-0.2, 0) is 6.42 Å². The first-order valence-electron chi connectivity index (χ1n) is 2.76. The molecule has 0 aliphatic rings. The lowest BCUT2D eigenvalue weighted by Gasteiger charge is -1.86. The maximum Gasteiger partial charge on any atom is 0.134 e. The molecule has 1 heterocycles. The van der Waals surface area contributed by atoms with Gasteiger partial charge < -0.3 is 5.73 Å². The fraction of sp³-hybridized carbons (Fsp3) is 0.333. The van der Waals surface area contributed by atoms with Crippen LogP contribution in [-0.4, -0.2) is 6.54 Å². The van der Waals surface area contributed by atoms with E-state index in [9.17, 15) is 4.39 Å². The Morgan fingerprint density at radius 1 is 1.67 bits per heavy atom. The van der Waals surface area contributed by atoms with Crippen LogP contribution in [0.1, 0.15) is 4.88 Å². The molecule has 0 amide bonds. The predicted molar refractivity (Wildman–Crippen MR) is 37.0 cm³/mol. The van der Waals surface area contributed by atoms with Gasteiger partial charge in [0.2, 0.25) is 0 Å². The van der Waals surface area contributed by atoms with Crippen LogP contribution in [0.5, 0.6) is 0 Å². The molecule has 0 saturated heterocycles. The van der Waals surface area contributed by atoms with E-state index in [1.807, 2.05) is 0 Å². The summed E-state index contributed by atoms with van der Waals surface area (Å²) >= 11 is 1.42. The monoisotopic (exact) mass is 145 g/mol. The van der Waals surface area contributed by atoms with Crippen LogP contribution in [0.15, 0.2) is 11.4 Å². The summed E-state index contributed by atoms with van der Waals surface area (Å²) in [5.74, 6) is -0.150. The van der Waals surface area contributed by atoms with Gasteiger partial charge in [0, 0.05) is 10.3 Å². The van der Waals surface area contributed by atoms with E-state index in [0.29, 0.717) is 6.54 Å². The summed E-state index contributed by atoms with van der Waals surface area (Å²) in [6.45, 7) is 0.597. The molecular formula is C6H8FNS. The predicted octanol–water partition coefficient (Wildman–Crippen LogP) is 1.39. The summed E-state index contributed by atoms with van der Waals surface area (Å²) in [5.41, 5.74) is 5.25. The largest absolute Gasteiger partial charge is 0.330 e. The Balaban J connectivity index is 2.61. The number of hydrogen-bond donors (Lipinski definition) is 1. The highest BCUT2D eigenvalue weighted by molar-refractivity contribution is 7.09. The van der Waals surface area contributed by atoms with Crippen molar-refractivity contribution in [2.24, 2.45) is 5.73 Å². The van der Waals surface area contributed by atoms with Gasteiger partial charge in [-0.3, -0.25) is 0 Å². The number of hydrogen-bond acceptors (Lipinski definition) is 2. The molecule has 0 spiro atoms. The molecule has 0 fully saturated rings. The lowest BCUT2D eigenvalue weighted by molar-refractivity contribution is 0.632. The van der Waals surface area contributed by atoms with Crippen molar-refractivity contribution < 1.29 is 4.39 Å². The maximum atomic E-state index is 12.2. The molecule has 0 unspecified atom stereocenters. The molecule has 0 aliphatic heterocycles. The highest BCUT2D eigenvalue weighted by Gasteiger charge is 1.95. The van der Waals surface area contributed by atoms with E-state index < -0.39 is 0 Å². The number of thiophene rings is 1. The minimum atomic E-state index is -0.150. The van der Waals surface area contributed by atoms with Gasteiger partial charge in [0.1, 0.15) is 5.82 Å². The number of halogens is 1. The van der Waals surface area contributed by atoms with Gasteiger partial charge in [-0.15, -0.1) is 11.3 Å². The molecule has 1 nitrogen and oxygen atoms in total. The summed E-state index contributed by atoms with van der Waals surface area (Å²) < 4.78 is 12.2. The highest BCUT2D eigenvalue weighted by atomic mass is 32.1. The summed E-state index contributed by atoms with van der Waals surface area (Å²) in [7, 11) is 0. The second-order valence-electron chi connectivity index (χ2n) is 1.77. The van der Waals surface area contributed by atoms with Gasteiger partial charge in [0.05, 0.1) is 0 Å². The summed E-state index contributed by atoms with van der Waals surface area (Å²) in [6.07, 6.45) is 0.786. The van der Waals surface area contributed by atoms with E-state index in [1.165, 1.54) is 22.8 Å². The normalized spacial score (nSPS) is 10.0. The lowest BCUT2D eigenvalue weighted by atomic mass is 10.3. The van der Waals surface area contributed by atoms with E-state index in [1.54, 1.807) is 0 Å². The molecule has 0 aliphatic carbocycles. The van der Waals surface area contributed by atoms with Crippen molar-refractivity contribution in [3.8, 4) is 0 Å². The lowest BCUT2D eigenvalue weighted by Crippen LogP contribution is -2.00. The SMILES string of the molecule is NCCc1cc(F)cs1. The van der Waals surface area contributed by atoms with Gasteiger partial charge in [0.15, 0.2) is 0 Å².